The summed E-state index contributed by atoms with van der Waals surface area (Å²) < 4.78 is 10.0. The third-order valence-electron chi connectivity index (χ3n) is 5.15. The van der Waals surface area contributed by atoms with Crippen LogP contribution in [0, 0.1) is 5.92 Å². The summed E-state index contributed by atoms with van der Waals surface area (Å²) in [7, 11) is 2.87. The van der Waals surface area contributed by atoms with Gasteiger partial charge in [0.1, 0.15) is 17.8 Å². The molecule has 1 fully saturated rings. The summed E-state index contributed by atoms with van der Waals surface area (Å²) >= 11 is 0. The summed E-state index contributed by atoms with van der Waals surface area (Å²) in [5.41, 5.74) is 9.72. The predicted octanol–water partition coefficient (Wildman–Crippen LogP) is 0.374. The van der Waals surface area contributed by atoms with Crippen LogP contribution < -0.4 is 21.2 Å². The van der Waals surface area contributed by atoms with E-state index in [9.17, 15) is 14.4 Å². The number of methoxy groups -OCH3 is 2. The van der Waals surface area contributed by atoms with E-state index in [4.69, 9.17) is 15.2 Å². The molecule has 166 valence electrons. The highest BCUT2D eigenvalue weighted by atomic mass is 16.5. The molecular weight excluding hydrogens is 388 g/mol. The van der Waals surface area contributed by atoms with Gasteiger partial charge in [-0.3, -0.25) is 19.4 Å². The molecule has 1 aromatic rings. The number of amides is 2. The Morgan fingerprint density at radius 2 is 2.03 bits per heavy atom. The van der Waals surface area contributed by atoms with Gasteiger partial charge in [0.25, 0.3) is 5.91 Å². The molecule has 1 saturated heterocycles. The van der Waals surface area contributed by atoms with E-state index in [2.05, 4.69) is 10.7 Å². The van der Waals surface area contributed by atoms with E-state index in [1.54, 1.807) is 13.2 Å². The van der Waals surface area contributed by atoms with Crippen LogP contribution >= 0.6 is 0 Å². The SMILES string of the molecule is COC(=O)[C@@H]1CCCN(C(=O)[C@H](Cc2cccc(OC)c2)NC(=O)[C@@H](N)C(C)C)N1. The van der Waals surface area contributed by atoms with Crippen molar-refractivity contribution in [1.29, 1.82) is 0 Å². The molecule has 1 aliphatic heterocycles. The molecule has 0 spiro atoms. The van der Waals surface area contributed by atoms with Crippen LogP contribution in [-0.2, 0) is 25.5 Å². The van der Waals surface area contributed by atoms with E-state index in [0.29, 0.717) is 25.1 Å². The first-order valence-electron chi connectivity index (χ1n) is 10.1. The van der Waals surface area contributed by atoms with Gasteiger partial charge in [-0.2, -0.15) is 0 Å². The summed E-state index contributed by atoms with van der Waals surface area (Å²) in [6, 6.07) is 5.12. The average Bonchev–Trinajstić information content (AvgIpc) is 2.76. The standard InChI is InChI=1S/C21H32N4O5/c1-13(2)18(22)19(26)23-17(12-14-7-5-8-15(11-14)29-3)20(27)25-10-6-9-16(24-25)21(28)30-4/h5,7-8,11,13,16-18,24H,6,9-10,12,22H2,1-4H3,(H,23,26)/t16-,17-,18-/m0/s1. The van der Waals surface area contributed by atoms with E-state index in [-0.39, 0.29) is 18.2 Å². The second-order valence-electron chi connectivity index (χ2n) is 7.72. The third kappa shape index (κ3) is 6.17. The van der Waals surface area contributed by atoms with Gasteiger partial charge >= 0.3 is 5.97 Å². The van der Waals surface area contributed by atoms with Crippen molar-refractivity contribution >= 4 is 17.8 Å². The highest BCUT2D eigenvalue weighted by Crippen LogP contribution is 2.16. The summed E-state index contributed by atoms with van der Waals surface area (Å²) in [5.74, 6) is -0.577. The lowest BCUT2D eigenvalue weighted by atomic mass is 10.0. The molecule has 2 rings (SSSR count). The van der Waals surface area contributed by atoms with E-state index < -0.39 is 30.0 Å². The maximum Gasteiger partial charge on any atom is 0.324 e. The van der Waals surface area contributed by atoms with Crippen LogP contribution in [0.15, 0.2) is 24.3 Å². The maximum absolute atomic E-state index is 13.3. The number of carbonyl (C=O) groups is 3. The highest BCUT2D eigenvalue weighted by Gasteiger charge is 2.33. The van der Waals surface area contributed by atoms with Crippen LogP contribution in [0.4, 0.5) is 0 Å². The van der Waals surface area contributed by atoms with Crippen molar-refractivity contribution < 1.29 is 23.9 Å². The van der Waals surface area contributed by atoms with Gasteiger partial charge in [0.2, 0.25) is 5.91 Å². The minimum absolute atomic E-state index is 0.0746. The van der Waals surface area contributed by atoms with Crippen molar-refractivity contribution in [2.75, 3.05) is 20.8 Å². The lowest BCUT2D eigenvalue weighted by Crippen LogP contribution is -2.61. The summed E-state index contributed by atoms with van der Waals surface area (Å²) in [4.78, 5) is 37.7. The minimum Gasteiger partial charge on any atom is -0.497 e. The molecule has 0 aliphatic carbocycles. The van der Waals surface area contributed by atoms with Crippen molar-refractivity contribution in [3.05, 3.63) is 29.8 Å². The first-order valence-corrected chi connectivity index (χ1v) is 10.1. The summed E-state index contributed by atoms with van der Waals surface area (Å²) in [6.45, 7) is 4.11. The van der Waals surface area contributed by atoms with Crippen LogP contribution in [0.5, 0.6) is 5.75 Å². The average molecular weight is 421 g/mol. The van der Waals surface area contributed by atoms with Crippen LogP contribution in [0.25, 0.3) is 0 Å². The van der Waals surface area contributed by atoms with Crippen molar-refractivity contribution in [3.8, 4) is 5.75 Å². The molecule has 0 aromatic heterocycles. The van der Waals surface area contributed by atoms with Crippen molar-refractivity contribution in [1.82, 2.24) is 15.8 Å². The quantitative estimate of drug-likeness (QED) is 0.519. The summed E-state index contributed by atoms with van der Waals surface area (Å²) in [5, 5.41) is 4.17. The first kappa shape index (κ1) is 23.6. The number of nitrogens with one attached hydrogen (secondary N) is 2. The smallest absolute Gasteiger partial charge is 0.324 e. The van der Waals surface area contributed by atoms with Gasteiger partial charge in [0, 0.05) is 13.0 Å². The van der Waals surface area contributed by atoms with Gasteiger partial charge in [-0.05, 0) is 36.5 Å². The number of hydrogen-bond donors (Lipinski definition) is 3. The largest absolute Gasteiger partial charge is 0.497 e. The van der Waals surface area contributed by atoms with Crippen molar-refractivity contribution in [2.45, 2.75) is 51.2 Å². The molecule has 30 heavy (non-hydrogen) atoms. The number of nitrogens with zero attached hydrogens (tertiary/aromatic N) is 1. The van der Waals surface area contributed by atoms with E-state index in [0.717, 1.165) is 5.56 Å². The number of ether oxygens (including phenoxy) is 2. The maximum atomic E-state index is 13.3. The number of nitrogens with two attached hydrogens (primary N) is 1. The molecule has 0 radical (unpaired) electrons. The molecule has 0 unspecified atom stereocenters. The van der Waals surface area contributed by atoms with Crippen LogP contribution in [0.3, 0.4) is 0 Å². The molecule has 3 atom stereocenters. The predicted molar refractivity (Wildman–Crippen MR) is 111 cm³/mol. The lowest BCUT2D eigenvalue weighted by Gasteiger charge is -2.35. The third-order valence-corrected chi connectivity index (χ3v) is 5.15. The number of benzene rings is 1. The fourth-order valence-electron chi connectivity index (χ4n) is 3.25. The van der Waals surface area contributed by atoms with Crippen LogP contribution in [0.1, 0.15) is 32.3 Å². The second kappa shape index (κ2) is 10.9. The molecule has 0 bridgehead atoms. The zero-order valence-corrected chi connectivity index (χ0v) is 18.0. The Labute approximate surface area is 177 Å². The Kier molecular flexibility index (Phi) is 8.61. The Hall–Kier alpha value is -2.65. The molecule has 0 saturated carbocycles. The van der Waals surface area contributed by atoms with Crippen molar-refractivity contribution in [3.63, 3.8) is 0 Å². The van der Waals surface area contributed by atoms with E-state index in [1.807, 2.05) is 32.0 Å². The van der Waals surface area contributed by atoms with E-state index in [1.165, 1.54) is 12.1 Å². The number of carbonyl (C=O) groups excluding carboxylic acids is 3. The topological polar surface area (TPSA) is 123 Å². The highest BCUT2D eigenvalue weighted by molar-refractivity contribution is 5.90. The Morgan fingerprint density at radius 1 is 1.30 bits per heavy atom. The molecule has 1 aromatic carbocycles. The molecule has 1 heterocycles. The molecular formula is C21H32N4O5. The number of rotatable bonds is 8. The Balaban J connectivity index is 2.21. The molecule has 9 heteroatoms. The lowest BCUT2D eigenvalue weighted by molar-refractivity contribution is -0.151. The van der Waals surface area contributed by atoms with E-state index >= 15 is 0 Å². The number of hydrogen-bond acceptors (Lipinski definition) is 7. The monoisotopic (exact) mass is 420 g/mol. The molecule has 1 aliphatic rings. The minimum atomic E-state index is -0.849. The van der Waals surface area contributed by atoms with Crippen LogP contribution in [-0.4, -0.2) is 61.7 Å². The Morgan fingerprint density at radius 3 is 2.67 bits per heavy atom. The second-order valence-corrected chi connectivity index (χ2v) is 7.72. The fraction of sp³-hybridized carbons (Fsp3) is 0.571. The number of hydrazine groups is 1. The molecule has 4 N–H and O–H groups in total. The van der Waals surface area contributed by atoms with Crippen LogP contribution in [0.2, 0.25) is 0 Å². The van der Waals surface area contributed by atoms with Gasteiger partial charge in [-0.15, -0.1) is 0 Å². The number of esters is 1. The van der Waals surface area contributed by atoms with Gasteiger partial charge in [0.15, 0.2) is 0 Å². The molecule has 9 nitrogen and oxygen atoms in total. The normalized spacial score (nSPS) is 18.5. The van der Waals surface area contributed by atoms with Gasteiger partial charge in [-0.1, -0.05) is 26.0 Å². The first-order chi connectivity index (χ1) is 14.3. The molecule has 2 amide bonds. The fourth-order valence-corrected chi connectivity index (χ4v) is 3.25. The zero-order valence-electron chi connectivity index (χ0n) is 18.0. The van der Waals surface area contributed by atoms with Gasteiger partial charge in [0.05, 0.1) is 20.3 Å². The Bertz CT molecular complexity index is 755. The summed E-state index contributed by atoms with van der Waals surface area (Å²) in [6.07, 6.45) is 1.47. The van der Waals surface area contributed by atoms with Gasteiger partial charge < -0.3 is 20.5 Å². The zero-order chi connectivity index (χ0) is 22.3. The van der Waals surface area contributed by atoms with Crippen molar-refractivity contribution in [2.24, 2.45) is 11.7 Å². The van der Waals surface area contributed by atoms with Gasteiger partial charge in [-0.25, -0.2) is 5.43 Å².